The maximum absolute atomic E-state index is 10.1. The van der Waals surface area contributed by atoms with Gasteiger partial charge in [-0.25, -0.2) is 9.59 Å². The van der Waals surface area contributed by atoms with E-state index in [4.69, 9.17) is 4.74 Å². The normalized spacial score (nSPS) is 8.60. The SMILES string of the molecule is CCOc1cc(N=C=O)[c]cc1N=C=O. The molecule has 5 heteroatoms. The summed E-state index contributed by atoms with van der Waals surface area (Å²) < 4.78 is 5.19. The van der Waals surface area contributed by atoms with Gasteiger partial charge in [0.2, 0.25) is 12.2 Å². The van der Waals surface area contributed by atoms with E-state index in [1.165, 1.54) is 24.3 Å². The molecule has 0 N–H and O–H groups in total. The summed E-state index contributed by atoms with van der Waals surface area (Å²) in [5.74, 6) is 0.355. The summed E-state index contributed by atoms with van der Waals surface area (Å²) in [7, 11) is 0. The fourth-order valence-corrected chi connectivity index (χ4v) is 0.975. The predicted octanol–water partition coefficient (Wildman–Crippen LogP) is 1.82. The lowest BCUT2D eigenvalue weighted by Gasteiger charge is -2.05. The van der Waals surface area contributed by atoms with E-state index in [0.29, 0.717) is 18.0 Å². The first-order valence-corrected chi connectivity index (χ1v) is 4.16. The quantitative estimate of drug-likeness (QED) is 0.553. The zero-order chi connectivity index (χ0) is 11.1. The van der Waals surface area contributed by atoms with Crippen LogP contribution in [0.25, 0.3) is 0 Å². The third-order valence-electron chi connectivity index (χ3n) is 1.51. The van der Waals surface area contributed by atoms with Crippen molar-refractivity contribution < 1.29 is 14.3 Å². The Kier molecular flexibility index (Phi) is 3.98. The van der Waals surface area contributed by atoms with Crippen molar-refractivity contribution in [2.24, 2.45) is 9.98 Å². The fourth-order valence-electron chi connectivity index (χ4n) is 0.975. The van der Waals surface area contributed by atoms with E-state index >= 15 is 0 Å². The molecule has 15 heavy (non-hydrogen) atoms. The van der Waals surface area contributed by atoms with E-state index in [1.807, 2.05) is 0 Å². The Hall–Kier alpha value is -2.22. The summed E-state index contributed by atoms with van der Waals surface area (Å²) in [5.41, 5.74) is 0.579. The highest BCUT2D eigenvalue weighted by molar-refractivity contribution is 5.63. The van der Waals surface area contributed by atoms with Crippen molar-refractivity contribution in [2.75, 3.05) is 6.61 Å². The summed E-state index contributed by atoms with van der Waals surface area (Å²) in [4.78, 5) is 26.9. The van der Waals surface area contributed by atoms with Crippen molar-refractivity contribution in [3.63, 3.8) is 0 Å². The number of carbonyl (C=O) groups excluding carboxylic acids is 2. The molecular formula is C10H7N2O3. The molecule has 1 radical (unpaired) electrons. The predicted molar refractivity (Wildman–Crippen MR) is 52.0 cm³/mol. The average Bonchev–Trinajstić information content (AvgIpc) is 2.23. The maximum atomic E-state index is 10.1. The van der Waals surface area contributed by atoms with Crippen LogP contribution in [0.3, 0.4) is 0 Å². The second-order valence-electron chi connectivity index (χ2n) is 2.41. The monoisotopic (exact) mass is 203 g/mol. The fraction of sp³-hybridized carbons (Fsp3) is 0.200. The number of rotatable bonds is 4. The second-order valence-corrected chi connectivity index (χ2v) is 2.41. The molecule has 0 spiro atoms. The molecule has 0 saturated heterocycles. The molecule has 5 nitrogen and oxygen atoms in total. The first-order chi connectivity index (χ1) is 7.31. The van der Waals surface area contributed by atoms with Gasteiger partial charge in [0, 0.05) is 12.1 Å². The van der Waals surface area contributed by atoms with E-state index in [1.54, 1.807) is 6.92 Å². The molecule has 0 heterocycles. The van der Waals surface area contributed by atoms with E-state index in [9.17, 15) is 9.59 Å². The molecule has 0 aliphatic heterocycles. The smallest absolute Gasteiger partial charge is 0.240 e. The van der Waals surface area contributed by atoms with Gasteiger partial charge in [0.25, 0.3) is 0 Å². The summed E-state index contributed by atoms with van der Waals surface area (Å²) in [6.07, 6.45) is 2.79. The highest BCUT2D eigenvalue weighted by Gasteiger charge is 2.03. The summed E-state index contributed by atoms with van der Waals surface area (Å²) in [5, 5.41) is 0. The van der Waals surface area contributed by atoms with Crippen LogP contribution in [-0.4, -0.2) is 18.8 Å². The van der Waals surface area contributed by atoms with Gasteiger partial charge >= 0.3 is 0 Å². The van der Waals surface area contributed by atoms with Gasteiger partial charge < -0.3 is 4.74 Å². The van der Waals surface area contributed by atoms with Crippen LogP contribution in [0.2, 0.25) is 0 Å². The van der Waals surface area contributed by atoms with Crippen LogP contribution < -0.4 is 4.74 Å². The number of benzene rings is 1. The van der Waals surface area contributed by atoms with Crippen molar-refractivity contribution in [3.05, 3.63) is 18.2 Å². The highest BCUT2D eigenvalue weighted by atomic mass is 16.5. The topological polar surface area (TPSA) is 68.1 Å². The lowest BCUT2D eigenvalue weighted by Crippen LogP contribution is -1.91. The largest absolute Gasteiger partial charge is 0.492 e. The van der Waals surface area contributed by atoms with Crippen LogP contribution in [0, 0.1) is 6.07 Å². The summed E-state index contributed by atoms with van der Waals surface area (Å²) >= 11 is 0. The van der Waals surface area contributed by atoms with Gasteiger partial charge in [-0.15, -0.1) is 0 Å². The van der Waals surface area contributed by atoms with Gasteiger partial charge in [-0.05, 0) is 13.0 Å². The van der Waals surface area contributed by atoms with Crippen LogP contribution in [0.5, 0.6) is 5.75 Å². The van der Waals surface area contributed by atoms with Crippen LogP contribution in [-0.2, 0) is 9.59 Å². The molecule has 0 fully saturated rings. The van der Waals surface area contributed by atoms with Crippen LogP contribution >= 0.6 is 0 Å². The average molecular weight is 203 g/mol. The Morgan fingerprint density at radius 2 is 2.13 bits per heavy atom. The molecule has 0 unspecified atom stereocenters. The van der Waals surface area contributed by atoms with E-state index in [2.05, 4.69) is 16.1 Å². The minimum absolute atomic E-state index is 0.276. The molecule has 75 valence electrons. The number of isocyanates is 2. The molecule has 0 amide bonds. The third kappa shape index (κ3) is 2.88. The number of aliphatic imine (C=N–C) groups is 2. The molecule has 0 aliphatic carbocycles. The first kappa shape index (κ1) is 10.9. The number of ether oxygens (including phenoxy) is 1. The van der Waals surface area contributed by atoms with E-state index in [0.717, 1.165) is 0 Å². The molecule has 1 rings (SSSR count). The minimum Gasteiger partial charge on any atom is -0.492 e. The zero-order valence-corrected chi connectivity index (χ0v) is 7.98. The maximum Gasteiger partial charge on any atom is 0.240 e. The Morgan fingerprint density at radius 3 is 2.73 bits per heavy atom. The molecule has 0 aromatic heterocycles. The van der Waals surface area contributed by atoms with Crippen LogP contribution in [0.15, 0.2) is 22.1 Å². The van der Waals surface area contributed by atoms with Gasteiger partial charge in [-0.1, -0.05) is 0 Å². The molecule has 1 aromatic rings. The number of hydrogen-bond acceptors (Lipinski definition) is 5. The first-order valence-electron chi connectivity index (χ1n) is 4.16. The molecule has 1 aromatic carbocycles. The van der Waals surface area contributed by atoms with Crippen LogP contribution in [0.1, 0.15) is 6.92 Å². The number of hydrogen-bond donors (Lipinski definition) is 0. The van der Waals surface area contributed by atoms with Crippen molar-refractivity contribution in [1.82, 2.24) is 0 Å². The summed E-state index contributed by atoms with van der Waals surface area (Å²) in [6.45, 7) is 2.20. The minimum atomic E-state index is 0.276. The molecular weight excluding hydrogens is 196 g/mol. The Bertz CT molecular complexity index is 444. The lowest BCUT2D eigenvalue weighted by molar-refractivity contribution is 0.341. The molecule has 0 atom stereocenters. The Labute approximate surface area is 86.1 Å². The Morgan fingerprint density at radius 1 is 1.40 bits per heavy atom. The van der Waals surface area contributed by atoms with Crippen molar-refractivity contribution in [3.8, 4) is 5.75 Å². The molecule has 0 saturated carbocycles. The van der Waals surface area contributed by atoms with Gasteiger partial charge in [0.15, 0.2) is 0 Å². The standard InChI is InChI=1S/C10H7N2O3/c1-2-15-10-5-8(11-6-13)3-4-9(10)12-7-14/h4-5H,2H2,1H3. The van der Waals surface area contributed by atoms with Gasteiger partial charge in [-0.2, -0.15) is 9.98 Å². The highest BCUT2D eigenvalue weighted by Crippen LogP contribution is 2.30. The Balaban J connectivity index is 3.18. The zero-order valence-electron chi connectivity index (χ0n) is 7.98. The van der Waals surface area contributed by atoms with E-state index < -0.39 is 0 Å². The van der Waals surface area contributed by atoms with Crippen molar-refractivity contribution >= 4 is 23.5 Å². The second kappa shape index (κ2) is 5.50. The van der Waals surface area contributed by atoms with E-state index in [-0.39, 0.29) is 5.69 Å². The number of nitrogens with zero attached hydrogens (tertiary/aromatic N) is 2. The van der Waals surface area contributed by atoms with Gasteiger partial charge in [0.1, 0.15) is 11.4 Å². The van der Waals surface area contributed by atoms with Crippen molar-refractivity contribution in [2.45, 2.75) is 6.92 Å². The molecule has 0 aliphatic rings. The van der Waals surface area contributed by atoms with Gasteiger partial charge in [0.05, 0.1) is 12.3 Å². The lowest BCUT2D eigenvalue weighted by atomic mass is 10.2. The summed E-state index contributed by atoms with van der Waals surface area (Å²) in [6, 6.07) is 5.48. The third-order valence-corrected chi connectivity index (χ3v) is 1.51. The van der Waals surface area contributed by atoms with Gasteiger partial charge in [-0.3, -0.25) is 0 Å². The van der Waals surface area contributed by atoms with Crippen molar-refractivity contribution in [1.29, 1.82) is 0 Å². The van der Waals surface area contributed by atoms with Crippen LogP contribution in [0.4, 0.5) is 11.4 Å². The molecule has 0 bridgehead atoms.